The maximum Gasteiger partial charge on any atom is 0.194 e. The molecular formula is C21H34N4O4S. The van der Waals surface area contributed by atoms with Gasteiger partial charge in [0.2, 0.25) is 0 Å². The molecule has 30 heavy (non-hydrogen) atoms. The van der Waals surface area contributed by atoms with Crippen LogP contribution in [0.15, 0.2) is 23.2 Å². The predicted molar refractivity (Wildman–Crippen MR) is 119 cm³/mol. The largest absolute Gasteiger partial charge is 0.497 e. The molecule has 1 atom stereocenters. The average molecular weight is 439 g/mol. The second-order valence-corrected chi connectivity index (χ2v) is 10.1. The smallest absolute Gasteiger partial charge is 0.194 e. The van der Waals surface area contributed by atoms with Crippen molar-refractivity contribution >= 4 is 15.8 Å². The first-order chi connectivity index (χ1) is 14.4. The standard InChI is InChI=1S/C21H34N4O4S/c1-4-22-21(23-14-17-7-12-30(26,27)16-17)25-10-8-24(9-11-25)15-18-13-19(28-2)5-6-20(18)29-3/h5-6,13,17H,4,7-12,14-16H2,1-3H3,(H,22,23). The zero-order valence-corrected chi connectivity index (χ0v) is 19.1. The van der Waals surface area contributed by atoms with Gasteiger partial charge in [-0.25, -0.2) is 8.42 Å². The average Bonchev–Trinajstić information content (AvgIpc) is 3.10. The summed E-state index contributed by atoms with van der Waals surface area (Å²) in [7, 11) is 0.508. The molecule has 9 heteroatoms. The van der Waals surface area contributed by atoms with Gasteiger partial charge in [-0.05, 0) is 37.5 Å². The molecule has 0 radical (unpaired) electrons. The quantitative estimate of drug-likeness (QED) is 0.506. The van der Waals surface area contributed by atoms with Crippen molar-refractivity contribution in [2.24, 2.45) is 10.9 Å². The highest BCUT2D eigenvalue weighted by molar-refractivity contribution is 7.91. The number of hydrogen-bond donors (Lipinski definition) is 1. The van der Waals surface area contributed by atoms with Gasteiger partial charge in [0.05, 0.1) is 25.7 Å². The van der Waals surface area contributed by atoms with Crippen LogP contribution >= 0.6 is 0 Å². The van der Waals surface area contributed by atoms with E-state index in [2.05, 4.69) is 22.0 Å². The maximum absolute atomic E-state index is 11.7. The molecule has 1 aromatic rings. The lowest BCUT2D eigenvalue weighted by Crippen LogP contribution is -2.52. The third-order valence-electron chi connectivity index (χ3n) is 5.71. The maximum atomic E-state index is 11.7. The van der Waals surface area contributed by atoms with Crippen LogP contribution in [0.3, 0.4) is 0 Å². The Labute approximate surface area is 180 Å². The molecule has 2 aliphatic heterocycles. The summed E-state index contributed by atoms with van der Waals surface area (Å²) in [5, 5.41) is 3.37. The molecule has 2 aliphatic rings. The summed E-state index contributed by atoms with van der Waals surface area (Å²) in [5.74, 6) is 3.31. The molecule has 168 valence electrons. The van der Waals surface area contributed by atoms with Gasteiger partial charge in [0.15, 0.2) is 15.8 Å². The summed E-state index contributed by atoms with van der Waals surface area (Å²) in [5.41, 5.74) is 1.12. The number of rotatable bonds is 7. The number of hydrogen-bond acceptors (Lipinski definition) is 6. The fraction of sp³-hybridized carbons (Fsp3) is 0.667. The number of benzene rings is 1. The number of guanidine groups is 1. The molecule has 0 spiro atoms. The van der Waals surface area contributed by atoms with E-state index in [9.17, 15) is 8.42 Å². The number of methoxy groups -OCH3 is 2. The Morgan fingerprint density at radius 1 is 1.20 bits per heavy atom. The van der Waals surface area contributed by atoms with Crippen LogP contribution in [-0.4, -0.2) is 89.2 Å². The van der Waals surface area contributed by atoms with Crippen LogP contribution in [0.5, 0.6) is 11.5 Å². The van der Waals surface area contributed by atoms with Crippen LogP contribution < -0.4 is 14.8 Å². The summed E-state index contributed by atoms with van der Waals surface area (Å²) in [6.45, 7) is 7.82. The highest BCUT2D eigenvalue weighted by atomic mass is 32.2. The van der Waals surface area contributed by atoms with Gasteiger partial charge < -0.3 is 19.7 Å². The van der Waals surface area contributed by atoms with Gasteiger partial charge in [0.25, 0.3) is 0 Å². The summed E-state index contributed by atoms with van der Waals surface area (Å²) >= 11 is 0. The minimum absolute atomic E-state index is 0.144. The molecule has 1 unspecified atom stereocenters. The summed E-state index contributed by atoms with van der Waals surface area (Å²) in [4.78, 5) is 9.43. The van der Waals surface area contributed by atoms with Crippen molar-refractivity contribution in [2.45, 2.75) is 19.9 Å². The van der Waals surface area contributed by atoms with Crippen LogP contribution in [0.25, 0.3) is 0 Å². The zero-order valence-electron chi connectivity index (χ0n) is 18.3. The number of nitrogens with one attached hydrogen (secondary N) is 1. The van der Waals surface area contributed by atoms with E-state index in [-0.39, 0.29) is 11.7 Å². The van der Waals surface area contributed by atoms with Gasteiger partial charge in [-0.2, -0.15) is 0 Å². The van der Waals surface area contributed by atoms with E-state index >= 15 is 0 Å². The molecule has 2 saturated heterocycles. The van der Waals surface area contributed by atoms with Gasteiger partial charge in [-0.1, -0.05) is 0 Å². The third kappa shape index (κ3) is 6.01. The third-order valence-corrected chi connectivity index (χ3v) is 7.55. The first-order valence-corrected chi connectivity index (χ1v) is 12.4. The lowest BCUT2D eigenvalue weighted by atomic mass is 10.1. The van der Waals surface area contributed by atoms with Crippen LogP contribution in [0.1, 0.15) is 18.9 Å². The van der Waals surface area contributed by atoms with Crippen molar-refractivity contribution < 1.29 is 17.9 Å². The number of piperazine rings is 1. The fourth-order valence-electron chi connectivity index (χ4n) is 4.02. The van der Waals surface area contributed by atoms with Gasteiger partial charge in [-0.3, -0.25) is 9.89 Å². The fourth-order valence-corrected chi connectivity index (χ4v) is 5.87. The lowest BCUT2D eigenvalue weighted by molar-refractivity contribution is 0.171. The molecule has 2 heterocycles. The van der Waals surface area contributed by atoms with E-state index < -0.39 is 9.84 Å². The first-order valence-electron chi connectivity index (χ1n) is 10.6. The molecule has 0 saturated carbocycles. The lowest BCUT2D eigenvalue weighted by Gasteiger charge is -2.36. The molecular weight excluding hydrogens is 404 g/mol. The van der Waals surface area contributed by atoms with E-state index in [1.54, 1.807) is 14.2 Å². The van der Waals surface area contributed by atoms with Crippen LogP contribution in [0.2, 0.25) is 0 Å². The first kappa shape index (κ1) is 22.7. The topological polar surface area (TPSA) is 83.5 Å². The number of ether oxygens (including phenoxy) is 2. The molecule has 1 aromatic carbocycles. The monoisotopic (exact) mass is 438 g/mol. The highest BCUT2D eigenvalue weighted by Crippen LogP contribution is 2.25. The Morgan fingerprint density at radius 3 is 2.57 bits per heavy atom. The second-order valence-electron chi connectivity index (χ2n) is 7.90. The summed E-state index contributed by atoms with van der Waals surface area (Å²) < 4.78 is 34.2. The Morgan fingerprint density at radius 2 is 1.97 bits per heavy atom. The predicted octanol–water partition coefficient (Wildman–Crippen LogP) is 1.22. The van der Waals surface area contributed by atoms with Crippen LogP contribution in [0.4, 0.5) is 0 Å². The highest BCUT2D eigenvalue weighted by Gasteiger charge is 2.28. The van der Waals surface area contributed by atoms with Gasteiger partial charge in [0, 0.05) is 51.4 Å². The van der Waals surface area contributed by atoms with Crippen molar-refractivity contribution in [3.63, 3.8) is 0 Å². The Bertz CT molecular complexity index is 835. The van der Waals surface area contributed by atoms with Crippen molar-refractivity contribution in [1.29, 1.82) is 0 Å². The van der Waals surface area contributed by atoms with Crippen molar-refractivity contribution in [3.05, 3.63) is 23.8 Å². The minimum atomic E-state index is -2.86. The minimum Gasteiger partial charge on any atom is -0.497 e. The molecule has 0 amide bonds. The molecule has 1 N–H and O–H groups in total. The Kier molecular flexibility index (Phi) is 7.82. The van der Waals surface area contributed by atoms with Crippen molar-refractivity contribution in [2.75, 3.05) is 65.0 Å². The second kappa shape index (κ2) is 10.3. The Balaban J connectivity index is 1.57. The van der Waals surface area contributed by atoms with E-state index in [0.29, 0.717) is 12.3 Å². The molecule has 0 aromatic heterocycles. The van der Waals surface area contributed by atoms with E-state index in [0.717, 1.165) is 68.7 Å². The van der Waals surface area contributed by atoms with Gasteiger partial charge in [0.1, 0.15) is 11.5 Å². The summed E-state index contributed by atoms with van der Waals surface area (Å²) in [6, 6.07) is 5.89. The molecule has 3 rings (SSSR count). The van der Waals surface area contributed by atoms with E-state index in [1.807, 2.05) is 18.2 Å². The van der Waals surface area contributed by atoms with Crippen LogP contribution in [-0.2, 0) is 16.4 Å². The van der Waals surface area contributed by atoms with Gasteiger partial charge in [-0.15, -0.1) is 0 Å². The van der Waals surface area contributed by atoms with Gasteiger partial charge >= 0.3 is 0 Å². The number of sulfone groups is 1. The van der Waals surface area contributed by atoms with Crippen molar-refractivity contribution in [3.8, 4) is 11.5 Å². The van der Waals surface area contributed by atoms with Crippen molar-refractivity contribution in [1.82, 2.24) is 15.1 Å². The molecule has 2 fully saturated rings. The van der Waals surface area contributed by atoms with E-state index in [4.69, 9.17) is 14.5 Å². The SMILES string of the molecule is CCNC(=NCC1CCS(=O)(=O)C1)N1CCN(Cc2cc(OC)ccc2OC)CC1. The van der Waals surface area contributed by atoms with Crippen LogP contribution in [0, 0.1) is 5.92 Å². The zero-order chi connectivity index (χ0) is 21.6. The Hall–Kier alpha value is -2.00. The molecule has 0 bridgehead atoms. The number of nitrogens with zero attached hydrogens (tertiary/aromatic N) is 3. The normalized spacial score (nSPS) is 22.2. The molecule has 0 aliphatic carbocycles. The molecule has 8 nitrogen and oxygen atoms in total. The van der Waals surface area contributed by atoms with E-state index in [1.165, 1.54) is 0 Å². The number of aliphatic imine (C=N–C) groups is 1. The summed E-state index contributed by atoms with van der Waals surface area (Å²) in [6.07, 6.45) is 0.724.